The lowest BCUT2D eigenvalue weighted by molar-refractivity contribution is -0.138. The molecule has 0 spiro atoms. The van der Waals surface area contributed by atoms with Gasteiger partial charge in [-0.25, -0.2) is 9.97 Å². The maximum absolute atomic E-state index is 13.0. The van der Waals surface area contributed by atoms with Crippen LogP contribution in [-0.2, 0) is 17.8 Å². The minimum absolute atomic E-state index is 0.0104. The van der Waals surface area contributed by atoms with Gasteiger partial charge >= 0.3 is 0 Å². The average molecular weight is 395 g/mol. The van der Waals surface area contributed by atoms with E-state index >= 15 is 0 Å². The molecule has 0 radical (unpaired) electrons. The van der Waals surface area contributed by atoms with Crippen LogP contribution in [0.25, 0.3) is 0 Å². The molecule has 154 valence electrons. The molecule has 3 heterocycles. The molecule has 2 aliphatic heterocycles. The number of piperidine rings is 1. The summed E-state index contributed by atoms with van der Waals surface area (Å²) in [5.74, 6) is 2.13. The van der Waals surface area contributed by atoms with Gasteiger partial charge < -0.3 is 15.0 Å². The Morgan fingerprint density at radius 1 is 1.34 bits per heavy atom. The van der Waals surface area contributed by atoms with Crippen molar-refractivity contribution in [1.82, 2.24) is 20.2 Å². The van der Waals surface area contributed by atoms with Crippen LogP contribution in [0.2, 0.25) is 0 Å². The van der Waals surface area contributed by atoms with E-state index in [4.69, 9.17) is 9.72 Å². The van der Waals surface area contributed by atoms with Gasteiger partial charge in [0.05, 0.1) is 5.69 Å². The number of aromatic nitrogens is 2. The number of fused-ring (bicyclic) bond motifs is 1. The van der Waals surface area contributed by atoms with Gasteiger partial charge in [-0.3, -0.25) is 4.79 Å². The van der Waals surface area contributed by atoms with Crippen molar-refractivity contribution in [3.05, 3.63) is 52.6 Å². The molecule has 6 nitrogen and oxygen atoms in total. The lowest BCUT2D eigenvalue weighted by atomic mass is 9.98. The first kappa shape index (κ1) is 19.8. The number of rotatable bonds is 4. The highest BCUT2D eigenvalue weighted by Gasteiger charge is 2.28. The lowest BCUT2D eigenvalue weighted by Gasteiger charge is -2.31. The van der Waals surface area contributed by atoms with Gasteiger partial charge in [-0.2, -0.15) is 0 Å². The molecule has 0 aliphatic carbocycles. The molecule has 2 aliphatic rings. The number of aryl methyl sites for hydroxylation is 2. The van der Waals surface area contributed by atoms with E-state index < -0.39 is 6.10 Å². The number of hydrogen-bond acceptors (Lipinski definition) is 5. The summed E-state index contributed by atoms with van der Waals surface area (Å²) >= 11 is 0. The van der Waals surface area contributed by atoms with Gasteiger partial charge in [-0.1, -0.05) is 17.7 Å². The Kier molecular flexibility index (Phi) is 5.81. The molecule has 2 atom stereocenters. The van der Waals surface area contributed by atoms with Crippen molar-refractivity contribution in [2.24, 2.45) is 0 Å². The van der Waals surface area contributed by atoms with Crippen LogP contribution in [0, 0.1) is 13.8 Å². The lowest BCUT2D eigenvalue weighted by Crippen LogP contribution is -2.43. The van der Waals surface area contributed by atoms with E-state index in [1.54, 1.807) is 0 Å². The third-order valence-electron chi connectivity index (χ3n) is 5.91. The number of nitrogens with one attached hydrogen (secondary N) is 1. The van der Waals surface area contributed by atoms with E-state index in [1.807, 2.05) is 37.1 Å². The highest BCUT2D eigenvalue weighted by molar-refractivity contribution is 5.81. The predicted molar refractivity (Wildman–Crippen MR) is 112 cm³/mol. The molecule has 1 aromatic carbocycles. The highest BCUT2D eigenvalue weighted by atomic mass is 16.5. The Morgan fingerprint density at radius 2 is 2.21 bits per heavy atom. The van der Waals surface area contributed by atoms with Crippen molar-refractivity contribution < 1.29 is 9.53 Å². The molecule has 6 heteroatoms. The highest BCUT2D eigenvalue weighted by Crippen LogP contribution is 2.25. The molecule has 4 rings (SSSR count). The van der Waals surface area contributed by atoms with Gasteiger partial charge in [0, 0.05) is 43.7 Å². The SMILES string of the molecule is Cc1ccc(O[C@@H](C)C(=O)N2CCc3nc([C@H]4CCCNC4)ncc3C2)c(C)c1. The number of nitrogens with zero attached hydrogens (tertiary/aromatic N) is 3. The zero-order valence-corrected chi connectivity index (χ0v) is 17.6. The minimum atomic E-state index is -0.522. The molecule has 0 bridgehead atoms. The van der Waals surface area contributed by atoms with Crippen LogP contribution in [-0.4, -0.2) is 46.5 Å². The summed E-state index contributed by atoms with van der Waals surface area (Å²) in [7, 11) is 0. The second-order valence-corrected chi connectivity index (χ2v) is 8.28. The quantitative estimate of drug-likeness (QED) is 0.864. The number of ether oxygens (including phenoxy) is 1. The smallest absolute Gasteiger partial charge is 0.263 e. The van der Waals surface area contributed by atoms with E-state index in [0.29, 0.717) is 19.0 Å². The Hall–Kier alpha value is -2.47. The van der Waals surface area contributed by atoms with Crippen LogP contribution < -0.4 is 10.1 Å². The van der Waals surface area contributed by atoms with E-state index in [-0.39, 0.29) is 5.91 Å². The van der Waals surface area contributed by atoms with Crippen LogP contribution in [0.15, 0.2) is 24.4 Å². The number of carbonyl (C=O) groups is 1. The average Bonchev–Trinajstić information content (AvgIpc) is 2.75. The van der Waals surface area contributed by atoms with Crippen LogP contribution in [0.5, 0.6) is 5.75 Å². The number of benzene rings is 1. The topological polar surface area (TPSA) is 67.3 Å². The normalized spacial score (nSPS) is 20.1. The van der Waals surface area contributed by atoms with Crippen LogP contribution in [0.4, 0.5) is 0 Å². The molecule has 29 heavy (non-hydrogen) atoms. The Labute approximate surface area is 172 Å². The fourth-order valence-electron chi connectivity index (χ4n) is 4.22. The first-order valence-electron chi connectivity index (χ1n) is 10.6. The summed E-state index contributed by atoms with van der Waals surface area (Å²) in [5.41, 5.74) is 4.38. The fraction of sp³-hybridized carbons (Fsp3) is 0.522. The van der Waals surface area contributed by atoms with Gasteiger partial charge in [-0.15, -0.1) is 0 Å². The molecular formula is C23H30N4O2. The van der Waals surface area contributed by atoms with E-state index in [9.17, 15) is 4.79 Å². The van der Waals surface area contributed by atoms with Gasteiger partial charge in [-0.05, 0) is 51.8 Å². The summed E-state index contributed by atoms with van der Waals surface area (Å²) in [5, 5.41) is 3.43. The Morgan fingerprint density at radius 3 is 2.97 bits per heavy atom. The monoisotopic (exact) mass is 394 g/mol. The first-order chi connectivity index (χ1) is 14.0. The first-order valence-corrected chi connectivity index (χ1v) is 10.6. The van der Waals surface area contributed by atoms with E-state index in [1.165, 1.54) is 12.0 Å². The Balaban J connectivity index is 1.41. The molecule has 0 unspecified atom stereocenters. The summed E-state index contributed by atoms with van der Waals surface area (Å²) in [6, 6.07) is 6.02. The van der Waals surface area contributed by atoms with E-state index in [0.717, 1.165) is 54.3 Å². The van der Waals surface area contributed by atoms with Crippen molar-refractivity contribution in [1.29, 1.82) is 0 Å². The summed E-state index contributed by atoms with van der Waals surface area (Å²) in [6.07, 6.45) is 4.48. The predicted octanol–water partition coefficient (Wildman–Crippen LogP) is 2.91. The zero-order valence-electron chi connectivity index (χ0n) is 17.6. The second kappa shape index (κ2) is 8.49. The number of carbonyl (C=O) groups excluding carboxylic acids is 1. The zero-order chi connectivity index (χ0) is 20.4. The van der Waals surface area contributed by atoms with Gasteiger partial charge in [0.15, 0.2) is 6.10 Å². The van der Waals surface area contributed by atoms with Crippen molar-refractivity contribution >= 4 is 5.91 Å². The van der Waals surface area contributed by atoms with Gasteiger partial charge in [0.1, 0.15) is 11.6 Å². The molecule has 1 saturated heterocycles. The maximum atomic E-state index is 13.0. The molecule has 1 N–H and O–H groups in total. The van der Waals surface area contributed by atoms with Gasteiger partial charge in [0.2, 0.25) is 0 Å². The molecule has 0 saturated carbocycles. The Bertz CT molecular complexity index is 892. The fourth-order valence-corrected chi connectivity index (χ4v) is 4.22. The van der Waals surface area contributed by atoms with Crippen LogP contribution in [0.3, 0.4) is 0 Å². The number of hydrogen-bond donors (Lipinski definition) is 1. The molecular weight excluding hydrogens is 364 g/mol. The largest absolute Gasteiger partial charge is 0.481 e. The van der Waals surface area contributed by atoms with Crippen molar-refractivity contribution in [3.8, 4) is 5.75 Å². The third-order valence-corrected chi connectivity index (χ3v) is 5.91. The van der Waals surface area contributed by atoms with Crippen LogP contribution >= 0.6 is 0 Å². The summed E-state index contributed by atoms with van der Waals surface area (Å²) in [4.78, 5) is 24.3. The van der Waals surface area contributed by atoms with Crippen LogP contribution in [0.1, 0.15) is 53.9 Å². The van der Waals surface area contributed by atoms with E-state index in [2.05, 4.69) is 23.3 Å². The van der Waals surface area contributed by atoms with Gasteiger partial charge in [0.25, 0.3) is 5.91 Å². The van der Waals surface area contributed by atoms with Crippen molar-refractivity contribution in [3.63, 3.8) is 0 Å². The number of amides is 1. The molecule has 1 fully saturated rings. The molecule has 1 aromatic heterocycles. The summed E-state index contributed by atoms with van der Waals surface area (Å²) in [6.45, 7) is 9.15. The van der Waals surface area contributed by atoms with Crippen molar-refractivity contribution in [2.45, 2.75) is 58.6 Å². The molecule has 2 aromatic rings. The second-order valence-electron chi connectivity index (χ2n) is 8.28. The minimum Gasteiger partial charge on any atom is -0.481 e. The van der Waals surface area contributed by atoms with Crippen molar-refractivity contribution in [2.75, 3.05) is 19.6 Å². The maximum Gasteiger partial charge on any atom is 0.263 e. The molecule has 1 amide bonds. The summed E-state index contributed by atoms with van der Waals surface area (Å²) < 4.78 is 5.97. The standard InChI is InChI=1S/C23H30N4O2/c1-15-6-7-21(16(2)11-15)29-17(3)23(28)27-10-8-20-19(14-27)13-25-22(26-20)18-5-4-9-24-12-18/h6-7,11,13,17-18,24H,4-5,8-10,12,14H2,1-3H3/t17-,18-/m0/s1. The third kappa shape index (κ3) is 4.42.